The topological polar surface area (TPSA) is 24.5 Å². The highest BCUT2D eigenvalue weighted by molar-refractivity contribution is 4.92. The lowest BCUT2D eigenvalue weighted by Gasteiger charge is -2.39. The third kappa shape index (κ3) is 2.92. The minimum Gasteiger partial charge on any atom is -0.373 e. The zero-order valence-electron chi connectivity index (χ0n) is 10.3. The second-order valence-electron chi connectivity index (χ2n) is 5.54. The maximum Gasteiger partial charge on any atom is 0.0678 e. The zero-order chi connectivity index (χ0) is 10.9. The van der Waals surface area contributed by atoms with Gasteiger partial charge in [-0.1, -0.05) is 0 Å². The number of rotatable bonds is 2. The Bertz CT molecular complexity index is 204. The quantitative estimate of drug-likeness (QED) is 0.745. The van der Waals surface area contributed by atoms with E-state index in [1.54, 1.807) is 0 Å². The monoisotopic (exact) mass is 212 g/mol. The molecule has 0 bridgehead atoms. The summed E-state index contributed by atoms with van der Waals surface area (Å²) in [7, 11) is 0. The first-order valence-corrected chi connectivity index (χ1v) is 6.20. The Morgan fingerprint density at radius 1 is 1.33 bits per heavy atom. The summed E-state index contributed by atoms with van der Waals surface area (Å²) >= 11 is 0. The lowest BCUT2D eigenvalue weighted by atomic mass is 9.99. The highest BCUT2D eigenvalue weighted by Crippen LogP contribution is 2.21. The standard InChI is InChI=1S/C12H24N2O/c1-10-7-14(8-11(2)15-10)9-12(3)5-4-6-13-12/h10-11,13H,4-9H2,1-3H3. The molecule has 2 fully saturated rings. The number of nitrogens with zero attached hydrogens (tertiary/aromatic N) is 1. The van der Waals surface area contributed by atoms with E-state index in [1.165, 1.54) is 25.9 Å². The first-order chi connectivity index (χ1) is 7.07. The molecule has 3 heteroatoms. The third-order valence-electron chi connectivity index (χ3n) is 3.52. The van der Waals surface area contributed by atoms with Crippen LogP contribution in [0.4, 0.5) is 0 Å². The molecule has 2 saturated heterocycles. The molecule has 3 nitrogen and oxygen atoms in total. The summed E-state index contributed by atoms with van der Waals surface area (Å²) in [6, 6.07) is 0. The summed E-state index contributed by atoms with van der Waals surface area (Å²) in [6.07, 6.45) is 3.41. The van der Waals surface area contributed by atoms with E-state index in [9.17, 15) is 0 Å². The van der Waals surface area contributed by atoms with Crippen LogP contribution in [-0.4, -0.2) is 48.8 Å². The van der Waals surface area contributed by atoms with Crippen LogP contribution in [0.15, 0.2) is 0 Å². The number of hydrogen-bond donors (Lipinski definition) is 1. The lowest BCUT2D eigenvalue weighted by molar-refractivity contribution is -0.0728. The maximum absolute atomic E-state index is 5.75. The molecule has 2 rings (SSSR count). The third-order valence-corrected chi connectivity index (χ3v) is 3.52. The Hall–Kier alpha value is -0.120. The van der Waals surface area contributed by atoms with Crippen molar-refractivity contribution < 1.29 is 4.74 Å². The molecule has 2 aliphatic rings. The van der Waals surface area contributed by atoms with E-state index in [-0.39, 0.29) is 0 Å². The molecule has 0 aromatic carbocycles. The van der Waals surface area contributed by atoms with Gasteiger partial charge in [-0.2, -0.15) is 0 Å². The van der Waals surface area contributed by atoms with Crippen molar-refractivity contribution in [2.75, 3.05) is 26.2 Å². The van der Waals surface area contributed by atoms with Gasteiger partial charge in [0.05, 0.1) is 12.2 Å². The second kappa shape index (κ2) is 4.40. The van der Waals surface area contributed by atoms with Crippen molar-refractivity contribution in [1.82, 2.24) is 10.2 Å². The van der Waals surface area contributed by atoms with Crippen LogP contribution in [0.25, 0.3) is 0 Å². The van der Waals surface area contributed by atoms with Gasteiger partial charge < -0.3 is 10.1 Å². The van der Waals surface area contributed by atoms with Crippen LogP contribution in [-0.2, 0) is 4.74 Å². The van der Waals surface area contributed by atoms with Crippen LogP contribution in [0.5, 0.6) is 0 Å². The van der Waals surface area contributed by atoms with Crippen LogP contribution in [0.1, 0.15) is 33.6 Å². The van der Waals surface area contributed by atoms with Crippen molar-refractivity contribution in [1.29, 1.82) is 0 Å². The maximum atomic E-state index is 5.75. The summed E-state index contributed by atoms with van der Waals surface area (Å²) in [6.45, 7) is 11.2. The van der Waals surface area contributed by atoms with E-state index >= 15 is 0 Å². The molecule has 0 aromatic heterocycles. The van der Waals surface area contributed by atoms with Crippen LogP contribution >= 0.6 is 0 Å². The molecule has 15 heavy (non-hydrogen) atoms. The van der Waals surface area contributed by atoms with Gasteiger partial charge in [-0.25, -0.2) is 0 Å². The van der Waals surface area contributed by atoms with Gasteiger partial charge in [0.15, 0.2) is 0 Å². The highest BCUT2D eigenvalue weighted by Gasteiger charge is 2.32. The molecular formula is C12H24N2O. The molecule has 0 aromatic rings. The van der Waals surface area contributed by atoms with Gasteiger partial charge in [-0.3, -0.25) is 4.90 Å². The molecule has 2 aliphatic heterocycles. The Morgan fingerprint density at radius 2 is 2.00 bits per heavy atom. The molecule has 3 atom stereocenters. The Kier molecular flexibility index (Phi) is 3.33. The van der Waals surface area contributed by atoms with Crippen molar-refractivity contribution in [3.05, 3.63) is 0 Å². The fraction of sp³-hybridized carbons (Fsp3) is 1.00. The average molecular weight is 212 g/mol. The van der Waals surface area contributed by atoms with Crippen LogP contribution in [0, 0.1) is 0 Å². The molecule has 0 aliphatic carbocycles. The predicted molar refractivity (Wildman–Crippen MR) is 62.1 cm³/mol. The van der Waals surface area contributed by atoms with E-state index in [2.05, 4.69) is 31.0 Å². The average Bonchev–Trinajstić information content (AvgIpc) is 2.49. The van der Waals surface area contributed by atoms with Crippen molar-refractivity contribution in [3.8, 4) is 0 Å². The molecule has 0 amide bonds. The molecule has 0 saturated carbocycles. The van der Waals surface area contributed by atoms with E-state index in [1.807, 2.05) is 0 Å². The summed E-state index contributed by atoms with van der Waals surface area (Å²) in [4.78, 5) is 2.55. The molecule has 0 radical (unpaired) electrons. The first-order valence-electron chi connectivity index (χ1n) is 6.20. The van der Waals surface area contributed by atoms with Gasteiger partial charge in [0, 0.05) is 25.2 Å². The number of morpholine rings is 1. The molecule has 2 heterocycles. The van der Waals surface area contributed by atoms with Gasteiger partial charge in [0.25, 0.3) is 0 Å². The fourth-order valence-corrected chi connectivity index (χ4v) is 3.00. The summed E-state index contributed by atoms with van der Waals surface area (Å²) < 4.78 is 5.75. The van der Waals surface area contributed by atoms with Gasteiger partial charge in [0.2, 0.25) is 0 Å². The number of ether oxygens (including phenoxy) is 1. The molecule has 88 valence electrons. The van der Waals surface area contributed by atoms with Crippen molar-refractivity contribution >= 4 is 0 Å². The zero-order valence-corrected chi connectivity index (χ0v) is 10.3. The van der Waals surface area contributed by atoms with Crippen LogP contribution in [0.3, 0.4) is 0 Å². The molecule has 0 spiro atoms. The summed E-state index contributed by atoms with van der Waals surface area (Å²) in [5.41, 5.74) is 0.344. The van der Waals surface area contributed by atoms with Gasteiger partial charge in [-0.05, 0) is 40.2 Å². The lowest BCUT2D eigenvalue weighted by Crippen LogP contribution is -2.53. The number of hydrogen-bond acceptors (Lipinski definition) is 3. The van der Waals surface area contributed by atoms with E-state index < -0.39 is 0 Å². The SMILES string of the molecule is CC1CN(CC2(C)CCCN2)CC(C)O1. The predicted octanol–water partition coefficient (Wildman–Crippen LogP) is 1.24. The van der Waals surface area contributed by atoms with Gasteiger partial charge in [-0.15, -0.1) is 0 Å². The van der Waals surface area contributed by atoms with Crippen LogP contribution in [0.2, 0.25) is 0 Å². The van der Waals surface area contributed by atoms with Gasteiger partial charge in [0.1, 0.15) is 0 Å². The second-order valence-corrected chi connectivity index (χ2v) is 5.54. The minimum absolute atomic E-state index is 0.344. The summed E-state index contributed by atoms with van der Waals surface area (Å²) in [5, 5.41) is 3.63. The van der Waals surface area contributed by atoms with Crippen molar-refractivity contribution in [2.24, 2.45) is 0 Å². The first kappa shape index (κ1) is 11.4. The Balaban J connectivity index is 1.87. The Morgan fingerprint density at radius 3 is 2.53 bits per heavy atom. The summed E-state index contributed by atoms with van der Waals surface area (Å²) in [5.74, 6) is 0. The Labute approximate surface area is 93.2 Å². The van der Waals surface area contributed by atoms with Crippen LogP contribution < -0.4 is 5.32 Å². The van der Waals surface area contributed by atoms with Crippen molar-refractivity contribution in [3.63, 3.8) is 0 Å². The highest BCUT2D eigenvalue weighted by atomic mass is 16.5. The van der Waals surface area contributed by atoms with E-state index in [0.717, 1.165) is 13.1 Å². The number of nitrogens with one attached hydrogen (secondary N) is 1. The molecular weight excluding hydrogens is 188 g/mol. The molecule has 1 N–H and O–H groups in total. The minimum atomic E-state index is 0.344. The fourth-order valence-electron chi connectivity index (χ4n) is 3.00. The van der Waals surface area contributed by atoms with E-state index in [4.69, 9.17) is 4.74 Å². The largest absolute Gasteiger partial charge is 0.373 e. The molecule has 3 unspecified atom stereocenters. The van der Waals surface area contributed by atoms with Crippen molar-refractivity contribution in [2.45, 2.75) is 51.4 Å². The van der Waals surface area contributed by atoms with Gasteiger partial charge >= 0.3 is 0 Å². The van der Waals surface area contributed by atoms with E-state index in [0.29, 0.717) is 17.7 Å². The normalized spacial score (nSPS) is 43.4. The smallest absolute Gasteiger partial charge is 0.0678 e.